The molecule has 0 bridgehead atoms. The predicted molar refractivity (Wildman–Crippen MR) is 46.4 cm³/mol. The molecule has 72 valence electrons. The second-order valence-electron chi connectivity index (χ2n) is 3.02. The lowest BCUT2D eigenvalue weighted by Gasteiger charge is -2.32. The van der Waals surface area contributed by atoms with Gasteiger partial charge in [0.25, 0.3) is 9.24 Å². The summed E-state index contributed by atoms with van der Waals surface area (Å²) in [5.74, 6) is 0. The van der Waals surface area contributed by atoms with Crippen LogP contribution >= 0.6 is 10.7 Å². The average molecular weight is 214 g/mol. The molecule has 1 saturated heterocycles. The minimum Gasteiger partial charge on any atom is -0.373 e. The van der Waals surface area contributed by atoms with Crippen LogP contribution in [0.5, 0.6) is 0 Å². The minimum atomic E-state index is -3.57. The molecule has 0 aromatic heterocycles. The maximum atomic E-state index is 10.9. The molecule has 1 fully saturated rings. The van der Waals surface area contributed by atoms with E-state index in [0.29, 0.717) is 13.1 Å². The van der Waals surface area contributed by atoms with Gasteiger partial charge in [0.05, 0.1) is 12.2 Å². The van der Waals surface area contributed by atoms with Gasteiger partial charge in [0.1, 0.15) is 0 Å². The molecule has 4 nitrogen and oxygen atoms in total. The van der Waals surface area contributed by atoms with Crippen molar-refractivity contribution in [2.45, 2.75) is 26.1 Å². The van der Waals surface area contributed by atoms with E-state index in [1.807, 2.05) is 13.8 Å². The van der Waals surface area contributed by atoms with E-state index in [-0.39, 0.29) is 12.2 Å². The van der Waals surface area contributed by atoms with Crippen molar-refractivity contribution in [3.05, 3.63) is 0 Å². The van der Waals surface area contributed by atoms with E-state index in [0.717, 1.165) is 0 Å². The number of hydrogen-bond acceptors (Lipinski definition) is 3. The molecule has 0 N–H and O–H groups in total. The van der Waals surface area contributed by atoms with Crippen LogP contribution in [-0.2, 0) is 14.0 Å². The first-order valence-corrected chi connectivity index (χ1v) is 6.01. The second-order valence-corrected chi connectivity index (χ2v) is 5.53. The Morgan fingerprint density at radius 1 is 1.33 bits per heavy atom. The Bertz CT molecular complexity index is 244. The van der Waals surface area contributed by atoms with E-state index in [1.165, 1.54) is 4.31 Å². The van der Waals surface area contributed by atoms with E-state index in [1.54, 1.807) is 0 Å². The first kappa shape index (κ1) is 10.2. The molecule has 0 saturated carbocycles. The second kappa shape index (κ2) is 3.49. The monoisotopic (exact) mass is 213 g/mol. The van der Waals surface area contributed by atoms with Crippen LogP contribution in [0.2, 0.25) is 0 Å². The van der Waals surface area contributed by atoms with Crippen LogP contribution in [0.1, 0.15) is 13.8 Å². The molecule has 1 rings (SSSR count). The fourth-order valence-corrected chi connectivity index (χ4v) is 2.42. The molecule has 1 aliphatic heterocycles. The Morgan fingerprint density at radius 3 is 2.08 bits per heavy atom. The fraction of sp³-hybridized carbons (Fsp3) is 1.00. The highest BCUT2D eigenvalue weighted by molar-refractivity contribution is 8.11. The van der Waals surface area contributed by atoms with Gasteiger partial charge in [0, 0.05) is 23.8 Å². The molecule has 0 radical (unpaired) electrons. The summed E-state index contributed by atoms with van der Waals surface area (Å²) in [6.07, 6.45) is -0.162. The molecular weight excluding hydrogens is 202 g/mol. The summed E-state index contributed by atoms with van der Waals surface area (Å²) in [6, 6.07) is 0. The van der Waals surface area contributed by atoms with Crippen LogP contribution in [0.4, 0.5) is 0 Å². The largest absolute Gasteiger partial charge is 0.373 e. The van der Waals surface area contributed by atoms with Gasteiger partial charge in [0.2, 0.25) is 0 Å². The third-order valence-electron chi connectivity index (χ3n) is 1.69. The van der Waals surface area contributed by atoms with Gasteiger partial charge in [-0.25, -0.2) is 0 Å². The van der Waals surface area contributed by atoms with E-state index in [4.69, 9.17) is 15.4 Å². The molecule has 12 heavy (non-hydrogen) atoms. The summed E-state index contributed by atoms with van der Waals surface area (Å²) in [7, 11) is 1.62. The number of hydrogen-bond donors (Lipinski definition) is 0. The highest BCUT2D eigenvalue weighted by atomic mass is 35.7. The van der Waals surface area contributed by atoms with Crippen LogP contribution in [0.25, 0.3) is 0 Å². The van der Waals surface area contributed by atoms with Gasteiger partial charge in [-0.15, -0.1) is 0 Å². The van der Waals surface area contributed by atoms with E-state index < -0.39 is 9.24 Å². The Labute approximate surface area is 77.0 Å². The normalized spacial score (nSPS) is 33.6. The van der Waals surface area contributed by atoms with Gasteiger partial charge >= 0.3 is 0 Å². The van der Waals surface area contributed by atoms with E-state index in [2.05, 4.69) is 0 Å². The molecule has 2 atom stereocenters. The third-order valence-corrected chi connectivity index (χ3v) is 3.20. The number of halogens is 1. The molecule has 0 aromatic rings. The number of nitrogens with zero attached hydrogens (tertiary/aromatic N) is 1. The lowest BCUT2D eigenvalue weighted by Crippen LogP contribution is -2.46. The van der Waals surface area contributed by atoms with Crippen molar-refractivity contribution in [1.82, 2.24) is 4.31 Å². The number of ether oxygens (including phenoxy) is 1. The lowest BCUT2D eigenvalue weighted by atomic mass is 10.3. The minimum absolute atomic E-state index is 0.0812. The van der Waals surface area contributed by atoms with Gasteiger partial charge in [-0.2, -0.15) is 12.7 Å². The Hall–Kier alpha value is 0.160. The zero-order valence-corrected chi connectivity index (χ0v) is 8.60. The van der Waals surface area contributed by atoms with Gasteiger partial charge in [-0.3, -0.25) is 0 Å². The van der Waals surface area contributed by atoms with Crippen molar-refractivity contribution in [2.75, 3.05) is 13.1 Å². The molecule has 0 aliphatic carbocycles. The Kier molecular flexibility index (Phi) is 2.98. The van der Waals surface area contributed by atoms with Crippen molar-refractivity contribution in [2.24, 2.45) is 0 Å². The fourth-order valence-electron chi connectivity index (χ4n) is 1.31. The Morgan fingerprint density at radius 2 is 1.75 bits per heavy atom. The summed E-state index contributed by atoms with van der Waals surface area (Å²) in [4.78, 5) is 0. The zero-order valence-electron chi connectivity index (χ0n) is 7.03. The maximum absolute atomic E-state index is 10.9. The molecule has 0 spiro atoms. The quantitative estimate of drug-likeness (QED) is 0.599. The van der Waals surface area contributed by atoms with Crippen molar-refractivity contribution in [1.29, 1.82) is 0 Å². The van der Waals surface area contributed by atoms with Crippen molar-refractivity contribution in [3.8, 4) is 0 Å². The topological polar surface area (TPSA) is 46.6 Å². The van der Waals surface area contributed by atoms with Crippen LogP contribution in [0.3, 0.4) is 0 Å². The van der Waals surface area contributed by atoms with E-state index in [9.17, 15) is 8.42 Å². The highest BCUT2D eigenvalue weighted by Gasteiger charge is 2.29. The molecule has 1 unspecified atom stereocenters. The lowest BCUT2D eigenvalue weighted by molar-refractivity contribution is -0.0435. The summed E-state index contributed by atoms with van der Waals surface area (Å²) < 4.78 is 28.4. The number of rotatable bonds is 1. The highest BCUT2D eigenvalue weighted by Crippen LogP contribution is 2.16. The smallest absolute Gasteiger partial charge is 0.299 e. The summed E-state index contributed by atoms with van der Waals surface area (Å²) in [5, 5.41) is 0. The summed E-state index contributed by atoms with van der Waals surface area (Å²) >= 11 is 0. The first-order chi connectivity index (χ1) is 5.39. The van der Waals surface area contributed by atoms with Gasteiger partial charge in [-0.1, -0.05) is 0 Å². The summed E-state index contributed by atoms with van der Waals surface area (Å²) in [6.45, 7) is 4.34. The standard InChI is InChI=1S/C6H12ClNO3S/c1-5-3-8(12(7,9)10)4-6(2)11-5/h5-6H,3-4H2,1-2H3/t5-,6?/m0/s1. The molecule has 1 heterocycles. The Balaban J connectivity index is 2.68. The average Bonchev–Trinajstić information content (AvgIpc) is 1.82. The number of morpholine rings is 1. The maximum Gasteiger partial charge on any atom is 0.299 e. The SMILES string of the molecule is CC1CN(S(=O)(=O)Cl)C[C@H](C)O1. The van der Waals surface area contributed by atoms with Crippen LogP contribution in [-0.4, -0.2) is 38.0 Å². The molecule has 1 aliphatic rings. The van der Waals surface area contributed by atoms with Crippen LogP contribution < -0.4 is 0 Å². The van der Waals surface area contributed by atoms with Gasteiger partial charge in [0.15, 0.2) is 0 Å². The molecule has 6 heteroatoms. The van der Waals surface area contributed by atoms with E-state index >= 15 is 0 Å². The van der Waals surface area contributed by atoms with Gasteiger partial charge in [-0.05, 0) is 13.8 Å². The van der Waals surface area contributed by atoms with Crippen LogP contribution in [0.15, 0.2) is 0 Å². The molecule has 0 amide bonds. The van der Waals surface area contributed by atoms with Crippen molar-refractivity contribution < 1.29 is 13.2 Å². The zero-order chi connectivity index (χ0) is 9.35. The van der Waals surface area contributed by atoms with Crippen molar-refractivity contribution in [3.63, 3.8) is 0 Å². The summed E-state index contributed by atoms with van der Waals surface area (Å²) in [5.41, 5.74) is 0. The molecular formula is C6H12ClNO3S. The van der Waals surface area contributed by atoms with Gasteiger partial charge < -0.3 is 4.74 Å². The predicted octanol–water partition coefficient (Wildman–Crippen LogP) is 0.579. The van der Waals surface area contributed by atoms with Crippen molar-refractivity contribution >= 4 is 19.9 Å². The molecule has 0 aromatic carbocycles. The van der Waals surface area contributed by atoms with Crippen LogP contribution in [0, 0.1) is 0 Å². The third kappa shape index (κ3) is 2.58. The first-order valence-electron chi connectivity index (χ1n) is 3.75.